The number of unbranched alkanes of at least 4 members (excludes halogenated alkanes) is 2. The Morgan fingerprint density at radius 1 is 0.444 bits per heavy atom. The highest BCUT2D eigenvalue weighted by Crippen LogP contribution is 2.32. The number of benzene rings is 4. The molecule has 0 N–H and O–H groups in total. The summed E-state index contributed by atoms with van der Waals surface area (Å²) >= 11 is 0. The lowest BCUT2D eigenvalue weighted by atomic mass is 9.85. The van der Waals surface area contributed by atoms with Gasteiger partial charge in [0.1, 0.15) is 0 Å². The monoisotopic (exact) mass is 602 g/mol. The van der Waals surface area contributed by atoms with Gasteiger partial charge in [-0.2, -0.15) is 0 Å². The molecule has 0 radical (unpaired) electrons. The van der Waals surface area contributed by atoms with Gasteiger partial charge < -0.3 is 0 Å². The third kappa shape index (κ3) is 10.9. The number of hydrogen-bond acceptors (Lipinski definition) is 0. The van der Waals surface area contributed by atoms with Crippen molar-refractivity contribution < 1.29 is 0 Å². The summed E-state index contributed by atoms with van der Waals surface area (Å²) in [5.74, 6) is 1.68. The number of rotatable bonds is 19. The van der Waals surface area contributed by atoms with E-state index >= 15 is 0 Å². The van der Waals surface area contributed by atoms with E-state index in [1.165, 1.54) is 140 Å². The van der Waals surface area contributed by atoms with Gasteiger partial charge in [0.25, 0.3) is 0 Å². The lowest BCUT2D eigenvalue weighted by Gasteiger charge is -2.20. The molecule has 4 aromatic rings. The van der Waals surface area contributed by atoms with E-state index < -0.39 is 0 Å². The Bertz CT molecular complexity index is 1440. The molecule has 2 unspecified atom stereocenters. The van der Waals surface area contributed by atoms with Crippen molar-refractivity contribution in [1.82, 2.24) is 0 Å². The molecule has 0 heteroatoms. The highest BCUT2D eigenvalue weighted by atomic mass is 14.2. The van der Waals surface area contributed by atoms with Gasteiger partial charge in [0.2, 0.25) is 0 Å². The van der Waals surface area contributed by atoms with Crippen LogP contribution >= 0.6 is 0 Å². The van der Waals surface area contributed by atoms with Crippen LogP contribution in [0.15, 0.2) is 72.8 Å². The Kier molecular flexibility index (Phi) is 14.3. The fraction of sp³-hybridized carbons (Fsp3) is 0.511. The summed E-state index contributed by atoms with van der Waals surface area (Å²) < 4.78 is 0. The largest absolute Gasteiger partial charge is 0.0654 e. The summed E-state index contributed by atoms with van der Waals surface area (Å²) in [4.78, 5) is 0. The molecule has 4 aromatic carbocycles. The summed E-state index contributed by atoms with van der Waals surface area (Å²) in [5.41, 5.74) is 11.6. The zero-order valence-corrected chi connectivity index (χ0v) is 29.7. The van der Waals surface area contributed by atoms with Crippen molar-refractivity contribution in [2.75, 3.05) is 0 Å². The van der Waals surface area contributed by atoms with Crippen LogP contribution in [0.2, 0.25) is 0 Å². The molecule has 0 aliphatic carbocycles. The van der Waals surface area contributed by atoms with Gasteiger partial charge in [-0.05, 0) is 110 Å². The van der Waals surface area contributed by atoms with Crippen molar-refractivity contribution in [3.8, 4) is 11.1 Å². The topological polar surface area (TPSA) is 0 Å². The number of aryl methyl sites for hydroxylation is 6. The van der Waals surface area contributed by atoms with Crippen molar-refractivity contribution in [3.05, 3.63) is 106 Å². The molecule has 0 heterocycles. The van der Waals surface area contributed by atoms with Crippen LogP contribution in [0, 0.1) is 32.6 Å². The van der Waals surface area contributed by atoms with Crippen LogP contribution in [0.25, 0.3) is 21.9 Å². The highest BCUT2D eigenvalue weighted by molar-refractivity contribution is 5.90. The van der Waals surface area contributed by atoms with Crippen molar-refractivity contribution in [2.45, 2.75) is 138 Å². The maximum Gasteiger partial charge on any atom is -0.0146 e. The minimum Gasteiger partial charge on any atom is -0.0654 e. The summed E-state index contributed by atoms with van der Waals surface area (Å²) in [5, 5.41) is 3.05. The first kappa shape index (κ1) is 35.0. The average Bonchev–Trinajstić information content (AvgIpc) is 3.03. The second kappa shape index (κ2) is 18.3. The first-order chi connectivity index (χ1) is 21.9. The summed E-state index contributed by atoms with van der Waals surface area (Å²) in [6.07, 6.45) is 19.6. The van der Waals surface area contributed by atoms with Crippen LogP contribution in [-0.4, -0.2) is 0 Å². The molecule has 0 bridgehead atoms. The Labute approximate surface area is 277 Å². The van der Waals surface area contributed by atoms with Crippen LogP contribution in [0.1, 0.15) is 131 Å². The predicted molar refractivity (Wildman–Crippen MR) is 201 cm³/mol. The van der Waals surface area contributed by atoms with E-state index in [0.29, 0.717) is 0 Å². The average molecular weight is 603 g/mol. The molecule has 242 valence electrons. The molecule has 2 atom stereocenters. The summed E-state index contributed by atoms with van der Waals surface area (Å²) in [7, 11) is 0. The Hall–Kier alpha value is -2.86. The quantitative estimate of drug-likeness (QED) is 0.100. The standard InChI is InChI=1S/C45H62/c1-7-10-17-37(16-9-3)23-25-41-28-35(5)32-45-42(29-36(6)31-44(41)45)26-24-38(18-11-8-2)19-15-20-39-27-34(4)30-43(33-39)40-21-13-12-14-22-40/h12-14,21-22,27-33,37-38H,7-11,15-20,23-26H2,1-6H3. The Morgan fingerprint density at radius 2 is 0.978 bits per heavy atom. The van der Waals surface area contributed by atoms with Gasteiger partial charge in [-0.3, -0.25) is 0 Å². The molecule has 0 aromatic heterocycles. The van der Waals surface area contributed by atoms with Crippen LogP contribution in [0.3, 0.4) is 0 Å². The molecular weight excluding hydrogens is 540 g/mol. The molecule has 0 aliphatic rings. The third-order valence-electron chi connectivity index (χ3n) is 10.1. The van der Waals surface area contributed by atoms with Gasteiger partial charge in [-0.15, -0.1) is 0 Å². The maximum absolute atomic E-state index is 2.50. The molecular formula is C45H62. The molecule has 0 amide bonds. The van der Waals surface area contributed by atoms with E-state index in [9.17, 15) is 0 Å². The van der Waals surface area contributed by atoms with Crippen molar-refractivity contribution in [2.24, 2.45) is 11.8 Å². The van der Waals surface area contributed by atoms with E-state index in [1.54, 1.807) is 11.1 Å². The second-order valence-electron chi connectivity index (χ2n) is 14.3. The zero-order chi connectivity index (χ0) is 32.0. The summed E-state index contributed by atoms with van der Waals surface area (Å²) in [6, 6.07) is 28.0. The first-order valence-corrected chi connectivity index (χ1v) is 18.6. The van der Waals surface area contributed by atoms with E-state index in [2.05, 4.69) is 114 Å². The van der Waals surface area contributed by atoms with Gasteiger partial charge in [0, 0.05) is 0 Å². The number of fused-ring (bicyclic) bond motifs is 1. The molecule has 0 nitrogen and oxygen atoms in total. The summed E-state index contributed by atoms with van der Waals surface area (Å²) in [6.45, 7) is 13.9. The fourth-order valence-corrected chi connectivity index (χ4v) is 7.72. The van der Waals surface area contributed by atoms with Gasteiger partial charge >= 0.3 is 0 Å². The minimum absolute atomic E-state index is 0.802. The van der Waals surface area contributed by atoms with Crippen LogP contribution in [0.5, 0.6) is 0 Å². The molecule has 0 fully saturated rings. The van der Waals surface area contributed by atoms with Crippen molar-refractivity contribution >= 4 is 10.8 Å². The van der Waals surface area contributed by atoms with Gasteiger partial charge in [0.15, 0.2) is 0 Å². The lowest BCUT2D eigenvalue weighted by Crippen LogP contribution is -2.05. The van der Waals surface area contributed by atoms with Crippen LogP contribution < -0.4 is 0 Å². The van der Waals surface area contributed by atoms with Gasteiger partial charge in [-0.1, -0.05) is 168 Å². The molecule has 4 rings (SSSR count). The van der Waals surface area contributed by atoms with Crippen LogP contribution in [-0.2, 0) is 19.3 Å². The van der Waals surface area contributed by atoms with Gasteiger partial charge in [0.05, 0.1) is 0 Å². The van der Waals surface area contributed by atoms with Crippen LogP contribution in [0.4, 0.5) is 0 Å². The predicted octanol–water partition coefficient (Wildman–Crippen LogP) is 13.7. The van der Waals surface area contributed by atoms with E-state index in [-0.39, 0.29) is 0 Å². The maximum atomic E-state index is 2.50. The highest BCUT2D eigenvalue weighted by Gasteiger charge is 2.15. The molecule has 0 saturated heterocycles. The number of hydrogen-bond donors (Lipinski definition) is 0. The van der Waals surface area contributed by atoms with Gasteiger partial charge in [-0.25, -0.2) is 0 Å². The fourth-order valence-electron chi connectivity index (χ4n) is 7.72. The molecule has 45 heavy (non-hydrogen) atoms. The molecule has 0 spiro atoms. The lowest BCUT2D eigenvalue weighted by molar-refractivity contribution is 0.396. The first-order valence-electron chi connectivity index (χ1n) is 18.6. The van der Waals surface area contributed by atoms with Crippen molar-refractivity contribution in [1.29, 1.82) is 0 Å². The Balaban J connectivity index is 1.45. The zero-order valence-electron chi connectivity index (χ0n) is 29.7. The minimum atomic E-state index is 0.802. The SMILES string of the molecule is CCCCC(CCC)CCc1cc(C)cc2c(CCC(CCCC)CCCc3cc(C)cc(-c4ccccc4)c3)cc(C)cc12. The van der Waals surface area contributed by atoms with E-state index in [4.69, 9.17) is 0 Å². The van der Waals surface area contributed by atoms with Crippen molar-refractivity contribution in [3.63, 3.8) is 0 Å². The Morgan fingerprint density at radius 3 is 1.53 bits per heavy atom. The van der Waals surface area contributed by atoms with E-state index in [0.717, 1.165) is 11.8 Å². The molecule has 0 saturated carbocycles. The smallest absolute Gasteiger partial charge is 0.0146 e. The molecule has 0 aliphatic heterocycles. The normalized spacial score (nSPS) is 12.9. The van der Waals surface area contributed by atoms with E-state index in [1.807, 2.05) is 0 Å². The third-order valence-corrected chi connectivity index (χ3v) is 10.1. The second-order valence-corrected chi connectivity index (χ2v) is 14.3.